The van der Waals surface area contributed by atoms with Crippen molar-refractivity contribution in [1.29, 1.82) is 0 Å². The van der Waals surface area contributed by atoms with E-state index in [-0.39, 0.29) is 17.8 Å². The first-order chi connectivity index (χ1) is 13.5. The number of rotatable bonds is 4. The number of nitrogens with one attached hydrogen (secondary N) is 1. The standard InChI is InChI=1S/C21H18N4O3/c1-25-19(27)21(24-20(25)22,15-6-3-2-4-7-15)16-8-5-9-17(12-16)23-18(26)14-10-11-28-13-14/h2-13H,1H3,(H2,22,24)(H,23,26). The van der Waals surface area contributed by atoms with Crippen LogP contribution in [0.2, 0.25) is 0 Å². The van der Waals surface area contributed by atoms with Gasteiger partial charge in [0.15, 0.2) is 11.5 Å². The van der Waals surface area contributed by atoms with Crippen molar-refractivity contribution < 1.29 is 14.0 Å². The number of amides is 2. The summed E-state index contributed by atoms with van der Waals surface area (Å²) < 4.78 is 4.95. The number of hydrogen-bond donors (Lipinski definition) is 2. The summed E-state index contributed by atoms with van der Waals surface area (Å²) in [5, 5.41) is 2.81. The zero-order chi connectivity index (χ0) is 19.7. The van der Waals surface area contributed by atoms with Crippen LogP contribution in [0.15, 0.2) is 82.6 Å². The Morgan fingerprint density at radius 2 is 1.86 bits per heavy atom. The van der Waals surface area contributed by atoms with Crippen LogP contribution in [0, 0.1) is 0 Å². The van der Waals surface area contributed by atoms with E-state index in [4.69, 9.17) is 10.2 Å². The topological polar surface area (TPSA) is 101 Å². The van der Waals surface area contributed by atoms with Gasteiger partial charge in [-0.2, -0.15) is 0 Å². The number of hydrogen-bond acceptors (Lipinski definition) is 5. The molecule has 7 heteroatoms. The normalized spacial score (nSPS) is 18.8. The monoisotopic (exact) mass is 374 g/mol. The van der Waals surface area contributed by atoms with Crippen LogP contribution < -0.4 is 11.1 Å². The fraction of sp³-hybridized carbons (Fsp3) is 0.0952. The molecular formula is C21H18N4O3. The molecule has 1 atom stereocenters. The van der Waals surface area contributed by atoms with Crippen LogP contribution in [-0.2, 0) is 10.3 Å². The minimum Gasteiger partial charge on any atom is -0.472 e. The Labute approximate surface area is 161 Å². The van der Waals surface area contributed by atoms with Gasteiger partial charge in [0.1, 0.15) is 6.26 Å². The number of carbonyl (C=O) groups is 2. The third-order valence-electron chi connectivity index (χ3n) is 4.75. The van der Waals surface area contributed by atoms with Crippen LogP contribution in [0.25, 0.3) is 0 Å². The third-order valence-corrected chi connectivity index (χ3v) is 4.75. The predicted molar refractivity (Wildman–Crippen MR) is 105 cm³/mol. The van der Waals surface area contributed by atoms with E-state index in [2.05, 4.69) is 10.3 Å². The molecular weight excluding hydrogens is 356 g/mol. The summed E-state index contributed by atoms with van der Waals surface area (Å²) in [4.78, 5) is 31.4. The van der Waals surface area contributed by atoms with E-state index in [0.29, 0.717) is 22.4 Å². The van der Waals surface area contributed by atoms with Gasteiger partial charge in [-0.15, -0.1) is 0 Å². The molecule has 28 heavy (non-hydrogen) atoms. The number of nitrogens with two attached hydrogens (primary N) is 1. The largest absolute Gasteiger partial charge is 0.472 e. The molecule has 0 saturated heterocycles. The molecule has 0 saturated carbocycles. The summed E-state index contributed by atoms with van der Waals surface area (Å²) >= 11 is 0. The van der Waals surface area contributed by atoms with Gasteiger partial charge < -0.3 is 15.5 Å². The Morgan fingerprint density at radius 1 is 1.11 bits per heavy atom. The van der Waals surface area contributed by atoms with Gasteiger partial charge in [-0.1, -0.05) is 42.5 Å². The van der Waals surface area contributed by atoms with E-state index in [9.17, 15) is 9.59 Å². The molecule has 4 rings (SSSR count). The van der Waals surface area contributed by atoms with E-state index < -0.39 is 5.54 Å². The molecule has 140 valence electrons. The van der Waals surface area contributed by atoms with Crippen molar-refractivity contribution in [3.63, 3.8) is 0 Å². The van der Waals surface area contributed by atoms with Gasteiger partial charge in [0.25, 0.3) is 11.8 Å². The highest BCUT2D eigenvalue weighted by atomic mass is 16.3. The Morgan fingerprint density at radius 3 is 2.50 bits per heavy atom. The number of likely N-dealkylation sites (N-methyl/N-ethyl adjacent to an activating group) is 1. The summed E-state index contributed by atoms with van der Waals surface area (Å²) in [5.41, 5.74) is 6.94. The highest BCUT2D eigenvalue weighted by Crippen LogP contribution is 2.39. The number of carbonyl (C=O) groups excluding carboxylic acids is 2. The highest BCUT2D eigenvalue weighted by molar-refractivity contribution is 6.09. The minimum atomic E-state index is -1.30. The molecule has 1 unspecified atom stereocenters. The van der Waals surface area contributed by atoms with Gasteiger partial charge in [0.05, 0.1) is 11.8 Å². The number of guanidine groups is 1. The van der Waals surface area contributed by atoms with Gasteiger partial charge in [-0.25, -0.2) is 4.99 Å². The molecule has 2 heterocycles. The molecule has 3 N–H and O–H groups in total. The molecule has 7 nitrogen and oxygen atoms in total. The maximum atomic E-state index is 13.2. The highest BCUT2D eigenvalue weighted by Gasteiger charge is 2.49. The Bertz CT molecular complexity index is 1060. The fourth-order valence-electron chi connectivity index (χ4n) is 3.28. The van der Waals surface area contributed by atoms with E-state index in [1.54, 1.807) is 37.4 Å². The molecule has 1 aliphatic heterocycles. The summed E-state index contributed by atoms with van der Waals surface area (Å²) in [7, 11) is 1.59. The lowest BCUT2D eigenvalue weighted by Gasteiger charge is -2.26. The molecule has 2 amide bonds. The molecule has 0 bridgehead atoms. The summed E-state index contributed by atoms with van der Waals surface area (Å²) in [6.45, 7) is 0. The lowest BCUT2D eigenvalue weighted by molar-refractivity contribution is -0.129. The van der Waals surface area contributed by atoms with Gasteiger partial charge in [0, 0.05) is 12.7 Å². The number of furan rings is 1. The zero-order valence-corrected chi connectivity index (χ0v) is 15.1. The van der Waals surface area contributed by atoms with Crippen molar-refractivity contribution in [2.24, 2.45) is 10.7 Å². The molecule has 0 fully saturated rings. The molecule has 1 aromatic heterocycles. The Balaban J connectivity index is 1.79. The van der Waals surface area contributed by atoms with Crippen LogP contribution in [0.4, 0.5) is 5.69 Å². The van der Waals surface area contributed by atoms with Gasteiger partial charge >= 0.3 is 0 Å². The number of anilines is 1. The number of nitrogens with zero attached hydrogens (tertiary/aromatic N) is 2. The van der Waals surface area contributed by atoms with E-state index >= 15 is 0 Å². The maximum Gasteiger partial charge on any atom is 0.266 e. The lowest BCUT2D eigenvalue weighted by atomic mass is 9.82. The first kappa shape index (κ1) is 17.5. The van der Waals surface area contributed by atoms with E-state index in [1.165, 1.54) is 17.4 Å². The minimum absolute atomic E-state index is 0.140. The molecule has 0 spiro atoms. The van der Waals surface area contributed by atoms with Crippen LogP contribution in [0.1, 0.15) is 21.5 Å². The zero-order valence-electron chi connectivity index (χ0n) is 15.1. The van der Waals surface area contributed by atoms with Crippen LogP contribution in [-0.4, -0.2) is 29.7 Å². The fourth-order valence-corrected chi connectivity index (χ4v) is 3.28. The van der Waals surface area contributed by atoms with E-state index in [1.807, 2.05) is 30.3 Å². The first-order valence-corrected chi connectivity index (χ1v) is 8.65. The smallest absolute Gasteiger partial charge is 0.266 e. The lowest BCUT2D eigenvalue weighted by Crippen LogP contribution is -2.41. The number of aliphatic imine (C=N–C) groups is 1. The van der Waals surface area contributed by atoms with Crippen molar-refractivity contribution in [1.82, 2.24) is 4.90 Å². The molecule has 3 aromatic rings. The molecule has 0 radical (unpaired) electrons. The Hall–Kier alpha value is -3.87. The summed E-state index contributed by atoms with van der Waals surface area (Å²) in [6, 6.07) is 17.9. The van der Waals surface area contributed by atoms with Crippen LogP contribution >= 0.6 is 0 Å². The maximum absolute atomic E-state index is 13.2. The van der Waals surface area contributed by atoms with Gasteiger partial charge in [-0.05, 0) is 29.3 Å². The van der Waals surface area contributed by atoms with Gasteiger partial charge in [0.2, 0.25) is 0 Å². The first-order valence-electron chi connectivity index (χ1n) is 8.65. The second kappa shape index (κ2) is 6.70. The van der Waals surface area contributed by atoms with Crippen molar-refractivity contribution in [3.05, 3.63) is 89.9 Å². The summed E-state index contributed by atoms with van der Waals surface area (Å²) in [5.74, 6) is -0.422. The number of benzene rings is 2. The average Bonchev–Trinajstić information content (AvgIpc) is 3.33. The quantitative estimate of drug-likeness (QED) is 0.733. The predicted octanol–water partition coefficient (Wildman–Crippen LogP) is 2.56. The van der Waals surface area contributed by atoms with E-state index in [0.717, 1.165) is 0 Å². The van der Waals surface area contributed by atoms with Crippen LogP contribution in [0.3, 0.4) is 0 Å². The van der Waals surface area contributed by atoms with Crippen molar-refractivity contribution >= 4 is 23.5 Å². The van der Waals surface area contributed by atoms with Crippen molar-refractivity contribution in [3.8, 4) is 0 Å². The average molecular weight is 374 g/mol. The molecule has 0 aliphatic carbocycles. The summed E-state index contributed by atoms with van der Waals surface area (Å²) in [6.07, 6.45) is 2.80. The Kier molecular flexibility index (Phi) is 4.19. The van der Waals surface area contributed by atoms with Crippen molar-refractivity contribution in [2.75, 3.05) is 12.4 Å². The SMILES string of the molecule is CN1C(=O)C(c2ccccc2)(c2cccc(NC(=O)c3ccoc3)c2)N=C1N. The molecule has 1 aliphatic rings. The van der Waals surface area contributed by atoms with Crippen molar-refractivity contribution in [2.45, 2.75) is 5.54 Å². The molecule has 2 aromatic carbocycles. The van der Waals surface area contributed by atoms with Crippen LogP contribution in [0.5, 0.6) is 0 Å². The second-order valence-corrected chi connectivity index (χ2v) is 6.46. The second-order valence-electron chi connectivity index (χ2n) is 6.46. The van der Waals surface area contributed by atoms with Gasteiger partial charge in [-0.3, -0.25) is 14.5 Å². The third kappa shape index (κ3) is 2.73.